The number of nitrogens with one attached hydrogen (secondary N) is 3. The molecule has 1 aliphatic heterocycles. The van der Waals surface area contributed by atoms with E-state index < -0.39 is 36.2 Å². The van der Waals surface area contributed by atoms with Crippen LogP contribution in [0.3, 0.4) is 0 Å². The maximum Gasteiger partial charge on any atom is 0.326 e. The number of nitrogens with zero attached hydrogens (tertiary/aromatic N) is 1. The van der Waals surface area contributed by atoms with Gasteiger partial charge in [-0.1, -0.05) is 13.8 Å². The molecular formula is C18H23FN4O5. The Balaban J connectivity index is 1.99. The zero-order chi connectivity index (χ0) is 20.8. The molecule has 2 rings (SSSR count). The minimum absolute atomic E-state index is 0.0515. The van der Waals surface area contributed by atoms with Crippen LogP contribution in [0.4, 0.5) is 14.9 Å². The number of rotatable bonds is 8. The van der Waals surface area contributed by atoms with Crippen LogP contribution < -0.4 is 20.9 Å². The van der Waals surface area contributed by atoms with Gasteiger partial charge in [-0.3, -0.25) is 14.5 Å². The fraction of sp³-hybridized carbons (Fsp3) is 0.444. The van der Waals surface area contributed by atoms with Crippen molar-refractivity contribution in [1.82, 2.24) is 16.0 Å². The third-order valence-corrected chi connectivity index (χ3v) is 4.11. The molecule has 1 saturated heterocycles. The second-order valence-electron chi connectivity index (χ2n) is 6.82. The molecule has 9 nitrogen and oxygen atoms in total. The van der Waals surface area contributed by atoms with Crippen molar-refractivity contribution in [1.29, 1.82) is 0 Å². The van der Waals surface area contributed by atoms with E-state index in [9.17, 15) is 23.6 Å². The van der Waals surface area contributed by atoms with Crippen molar-refractivity contribution in [3.05, 3.63) is 29.6 Å². The van der Waals surface area contributed by atoms with Crippen LogP contribution in [-0.4, -0.2) is 54.6 Å². The van der Waals surface area contributed by atoms with Gasteiger partial charge >= 0.3 is 12.0 Å². The van der Waals surface area contributed by atoms with Gasteiger partial charge in [0.1, 0.15) is 11.9 Å². The molecule has 0 radical (unpaired) electrons. The maximum atomic E-state index is 14.0. The zero-order valence-electron chi connectivity index (χ0n) is 15.6. The van der Waals surface area contributed by atoms with Gasteiger partial charge in [-0.2, -0.15) is 0 Å². The Hall–Kier alpha value is -3.17. The van der Waals surface area contributed by atoms with E-state index in [0.717, 1.165) is 6.07 Å². The Morgan fingerprint density at radius 2 is 2.04 bits per heavy atom. The average molecular weight is 394 g/mol. The summed E-state index contributed by atoms with van der Waals surface area (Å²) in [6, 6.07) is 2.26. The van der Waals surface area contributed by atoms with E-state index in [1.165, 1.54) is 17.0 Å². The number of benzene rings is 1. The molecule has 1 aromatic carbocycles. The maximum absolute atomic E-state index is 14.0. The van der Waals surface area contributed by atoms with Gasteiger partial charge in [-0.25, -0.2) is 14.0 Å². The summed E-state index contributed by atoms with van der Waals surface area (Å²) in [5, 5.41) is 16.3. The van der Waals surface area contributed by atoms with Crippen LogP contribution in [0, 0.1) is 11.7 Å². The van der Waals surface area contributed by atoms with E-state index in [1.807, 2.05) is 13.8 Å². The monoisotopic (exact) mass is 394 g/mol. The van der Waals surface area contributed by atoms with Crippen LogP contribution >= 0.6 is 0 Å². The van der Waals surface area contributed by atoms with E-state index in [2.05, 4.69) is 16.0 Å². The van der Waals surface area contributed by atoms with Crippen LogP contribution in [0.2, 0.25) is 0 Å². The summed E-state index contributed by atoms with van der Waals surface area (Å²) in [7, 11) is 0. The summed E-state index contributed by atoms with van der Waals surface area (Å²) in [4.78, 5) is 48.4. The molecule has 1 heterocycles. The van der Waals surface area contributed by atoms with Crippen molar-refractivity contribution in [2.75, 3.05) is 24.5 Å². The number of carboxylic acid groups (broad SMARTS) is 1. The first-order valence-electron chi connectivity index (χ1n) is 8.84. The van der Waals surface area contributed by atoms with Crippen LogP contribution in [0.5, 0.6) is 0 Å². The Kier molecular flexibility index (Phi) is 6.91. The lowest BCUT2D eigenvalue weighted by atomic mass is 10.0. The average Bonchev–Trinajstić information content (AvgIpc) is 3.05. The van der Waals surface area contributed by atoms with E-state index >= 15 is 0 Å². The number of hydrogen-bond donors (Lipinski definition) is 4. The lowest BCUT2D eigenvalue weighted by Crippen LogP contribution is -2.46. The fourth-order valence-electron chi connectivity index (χ4n) is 2.77. The van der Waals surface area contributed by atoms with Crippen molar-refractivity contribution >= 4 is 29.5 Å². The largest absolute Gasteiger partial charge is 0.480 e. The normalized spacial score (nSPS) is 14.6. The minimum Gasteiger partial charge on any atom is -0.480 e. The molecule has 1 atom stereocenters. The summed E-state index contributed by atoms with van der Waals surface area (Å²) in [5.74, 6) is -3.46. The number of anilines is 1. The molecule has 0 aliphatic carbocycles. The molecular weight excluding hydrogens is 371 g/mol. The number of carbonyl (C=O) groups is 4. The lowest BCUT2D eigenvalue weighted by Gasteiger charge is -2.17. The standard InChI is InChI=1S/C18H23FN4O5/c1-10(2)7-14(17(26)27)22-15(24)9-21-16(25)12-8-11(3-4-13(12)19)23-6-5-20-18(23)28/h3-4,8,10,14H,5-7,9H2,1-2H3,(H,20,28)(H,21,25)(H,22,24)(H,26,27)/t14-/m0/s1. The van der Waals surface area contributed by atoms with Crippen molar-refractivity contribution in [2.24, 2.45) is 5.92 Å². The SMILES string of the molecule is CC(C)C[C@H](NC(=O)CNC(=O)c1cc(N2CCNC2=O)ccc1F)C(=O)O. The molecule has 28 heavy (non-hydrogen) atoms. The summed E-state index contributed by atoms with van der Waals surface area (Å²) in [6.45, 7) is 3.97. The highest BCUT2D eigenvalue weighted by atomic mass is 19.1. The summed E-state index contributed by atoms with van der Waals surface area (Å²) in [6.07, 6.45) is 0.240. The molecule has 10 heteroatoms. The molecule has 0 spiro atoms. The predicted octanol–water partition coefficient (Wildman–Crippen LogP) is 0.701. The second kappa shape index (κ2) is 9.16. The van der Waals surface area contributed by atoms with Crippen molar-refractivity contribution in [3.63, 3.8) is 0 Å². The predicted molar refractivity (Wildman–Crippen MR) is 98.5 cm³/mol. The van der Waals surface area contributed by atoms with Crippen LogP contribution in [-0.2, 0) is 9.59 Å². The summed E-state index contributed by atoms with van der Waals surface area (Å²) < 4.78 is 14.0. The minimum atomic E-state index is -1.17. The number of hydrogen-bond acceptors (Lipinski definition) is 4. The highest BCUT2D eigenvalue weighted by Crippen LogP contribution is 2.20. The van der Waals surface area contributed by atoms with Gasteiger partial charge in [0.25, 0.3) is 5.91 Å². The van der Waals surface area contributed by atoms with Crippen molar-refractivity contribution in [3.8, 4) is 0 Å². The molecule has 0 aromatic heterocycles. The second-order valence-corrected chi connectivity index (χ2v) is 6.82. The summed E-state index contributed by atoms with van der Waals surface area (Å²) in [5.41, 5.74) is 0.0378. The number of amides is 4. The lowest BCUT2D eigenvalue weighted by molar-refractivity contribution is -0.142. The first kappa shape index (κ1) is 21.1. The van der Waals surface area contributed by atoms with E-state index in [1.54, 1.807) is 0 Å². The molecule has 4 N–H and O–H groups in total. The smallest absolute Gasteiger partial charge is 0.326 e. The van der Waals surface area contributed by atoms with Gasteiger partial charge in [0.15, 0.2) is 0 Å². The van der Waals surface area contributed by atoms with Gasteiger partial charge in [0.05, 0.1) is 12.1 Å². The number of urea groups is 1. The highest BCUT2D eigenvalue weighted by Gasteiger charge is 2.24. The fourth-order valence-corrected chi connectivity index (χ4v) is 2.77. The highest BCUT2D eigenvalue weighted by molar-refractivity contribution is 6.00. The molecule has 152 valence electrons. The van der Waals surface area contributed by atoms with Crippen molar-refractivity contribution in [2.45, 2.75) is 26.3 Å². The molecule has 4 amide bonds. The first-order chi connectivity index (χ1) is 13.2. The number of halogens is 1. The van der Waals surface area contributed by atoms with Gasteiger partial charge in [-0.05, 0) is 30.5 Å². The topological polar surface area (TPSA) is 128 Å². The zero-order valence-corrected chi connectivity index (χ0v) is 15.6. The van der Waals surface area contributed by atoms with Gasteiger partial charge in [-0.15, -0.1) is 0 Å². The number of carbonyl (C=O) groups excluding carboxylic acids is 3. The van der Waals surface area contributed by atoms with E-state index in [-0.39, 0.29) is 23.9 Å². The van der Waals surface area contributed by atoms with Crippen molar-refractivity contribution < 1.29 is 28.7 Å². The molecule has 1 aliphatic rings. The Labute approximate surface area is 161 Å². The Morgan fingerprint density at radius 1 is 1.32 bits per heavy atom. The molecule has 0 unspecified atom stereocenters. The molecule has 0 bridgehead atoms. The van der Waals surface area contributed by atoms with Crippen LogP contribution in [0.1, 0.15) is 30.6 Å². The molecule has 1 fully saturated rings. The van der Waals surface area contributed by atoms with E-state index in [4.69, 9.17) is 5.11 Å². The number of aliphatic carboxylic acids is 1. The third-order valence-electron chi connectivity index (χ3n) is 4.11. The van der Waals surface area contributed by atoms with Gasteiger partial charge in [0.2, 0.25) is 5.91 Å². The third kappa shape index (κ3) is 5.41. The molecule has 0 saturated carbocycles. The summed E-state index contributed by atoms with van der Waals surface area (Å²) >= 11 is 0. The first-order valence-corrected chi connectivity index (χ1v) is 8.84. The van der Waals surface area contributed by atoms with Crippen LogP contribution in [0.25, 0.3) is 0 Å². The quantitative estimate of drug-likeness (QED) is 0.516. The van der Waals surface area contributed by atoms with Gasteiger partial charge in [0, 0.05) is 18.8 Å². The molecule has 1 aromatic rings. The van der Waals surface area contributed by atoms with E-state index in [0.29, 0.717) is 18.8 Å². The Bertz CT molecular complexity index is 783. The Morgan fingerprint density at radius 3 is 2.61 bits per heavy atom. The van der Waals surface area contributed by atoms with Crippen LogP contribution in [0.15, 0.2) is 18.2 Å². The van der Waals surface area contributed by atoms with Gasteiger partial charge < -0.3 is 21.1 Å². The number of carboxylic acids is 1.